The van der Waals surface area contributed by atoms with Crippen LogP contribution in [0, 0.1) is 0 Å². The van der Waals surface area contributed by atoms with Crippen molar-refractivity contribution in [3.05, 3.63) is 0 Å². The summed E-state index contributed by atoms with van der Waals surface area (Å²) in [6.45, 7) is 5.79. The third-order valence-electron chi connectivity index (χ3n) is 9.62. The fourth-order valence-electron chi connectivity index (χ4n) is 6.30. The Kier molecular flexibility index (Phi) is 36.1. The van der Waals surface area contributed by atoms with E-state index in [1.807, 2.05) is 0 Å². The van der Waals surface area contributed by atoms with Gasteiger partial charge in [0.2, 0.25) is 0 Å². The molecule has 0 aromatic carbocycles. The van der Waals surface area contributed by atoms with Gasteiger partial charge in [0, 0.05) is 0 Å². The van der Waals surface area contributed by atoms with Crippen LogP contribution in [0.4, 0.5) is 0 Å². The molecule has 0 amide bonds. The Morgan fingerprint density at radius 2 is 0.587 bits per heavy atom. The summed E-state index contributed by atoms with van der Waals surface area (Å²) < 4.78 is 25.6. The molecule has 0 fully saturated rings. The molecule has 0 saturated carbocycles. The Labute approximate surface area is 294 Å². The van der Waals surface area contributed by atoms with E-state index < -0.39 is 21.1 Å². The van der Waals surface area contributed by atoms with Crippen LogP contribution in [-0.4, -0.2) is 32.9 Å². The molecule has 0 heterocycles. The van der Waals surface area contributed by atoms with E-state index in [0.29, 0.717) is 19.4 Å². The van der Waals surface area contributed by atoms with Gasteiger partial charge in [-0.2, -0.15) is 0 Å². The first kappa shape index (κ1) is 46.7. The second-order valence-corrected chi connectivity index (χ2v) is 28.4. The minimum Gasteiger partial charge on any atom is -0.0654 e. The SMILES string of the molecule is CCCCCCCCCCCCCCCCCCOP(=O)(CC[As+](C)(C)C)OCCCCCCCCCCCCCCCCCC. The molecule has 0 rings (SSSR count). The van der Waals surface area contributed by atoms with Crippen molar-refractivity contribution < 1.29 is 13.6 Å². The van der Waals surface area contributed by atoms with E-state index in [4.69, 9.17) is 9.05 Å². The van der Waals surface area contributed by atoms with Gasteiger partial charge in [0.15, 0.2) is 0 Å². The van der Waals surface area contributed by atoms with Gasteiger partial charge < -0.3 is 0 Å². The van der Waals surface area contributed by atoms with Crippen LogP contribution in [0.15, 0.2) is 0 Å². The van der Waals surface area contributed by atoms with Gasteiger partial charge >= 0.3 is 166 Å². The minimum atomic E-state index is -2.95. The fraction of sp³-hybridized carbons (Fsp3) is 1.00. The van der Waals surface area contributed by atoms with Crippen LogP contribution in [0.25, 0.3) is 0 Å². The van der Waals surface area contributed by atoms with Crippen LogP contribution >= 0.6 is 7.60 Å². The van der Waals surface area contributed by atoms with E-state index in [1.165, 1.54) is 193 Å². The van der Waals surface area contributed by atoms with E-state index in [-0.39, 0.29) is 0 Å². The van der Waals surface area contributed by atoms with Crippen LogP contribution in [0.2, 0.25) is 22.3 Å². The second-order valence-electron chi connectivity index (χ2n) is 15.6. The minimum absolute atomic E-state index is 0.601. The summed E-state index contributed by atoms with van der Waals surface area (Å²) in [7, 11) is -2.95. The Bertz CT molecular complexity index is 594. The van der Waals surface area contributed by atoms with Crippen LogP contribution in [0.1, 0.15) is 219 Å². The van der Waals surface area contributed by atoms with Crippen molar-refractivity contribution in [2.75, 3.05) is 19.4 Å². The van der Waals surface area contributed by atoms with Crippen LogP contribution in [-0.2, 0) is 13.6 Å². The number of hydrogen-bond donors (Lipinski definition) is 0. The summed E-state index contributed by atoms with van der Waals surface area (Å²) in [6.07, 6.45) is 44.3. The molecule has 46 heavy (non-hydrogen) atoms. The van der Waals surface area contributed by atoms with E-state index in [1.54, 1.807) is 0 Å². The van der Waals surface area contributed by atoms with E-state index >= 15 is 0 Å². The molecular formula is C41H87AsO3P+. The molecule has 278 valence electrons. The summed E-state index contributed by atoms with van der Waals surface area (Å²) in [5.74, 6) is 0. The van der Waals surface area contributed by atoms with Crippen LogP contribution in [0.3, 0.4) is 0 Å². The first-order valence-corrected chi connectivity index (χ1v) is 29.7. The summed E-state index contributed by atoms with van der Waals surface area (Å²) in [5, 5.41) is 1.05. The summed E-state index contributed by atoms with van der Waals surface area (Å²) in [6, 6.07) is 0. The standard InChI is InChI=1S/C41H87AsO3P/c1-6-8-10-12-14-16-18-20-22-24-26-28-30-32-34-36-39-44-46(43,41-38-42(3,4)5)45-40-37-35-33-31-29-27-25-23-21-19-17-15-13-11-9-7-2/h6-41H2,1-5H3/q+1. The third-order valence-corrected chi connectivity index (χ3v) is 15.6. The first-order chi connectivity index (χ1) is 22.3. The van der Waals surface area contributed by atoms with Crippen molar-refractivity contribution in [1.82, 2.24) is 0 Å². The van der Waals surface area contributed by atoms with Crippen molar-refractivity contribution in [2.24, 2.45) is 0 Å². The summed E-state index contributed by atoms with van der Waals surface area (Å²) >= 11 is -1.62. The van der Waals surface area contributed by atoms with Crippen LogP contribution < -0.4 is 0 Å². The molecule has 0 unspecified atom stereocenters. The molecular weight excluding hydrogens is 646 g/mol. The topological polar surface area (TPSA) is 35.5 Å². The molecule has 0 aromatic heterocycles. The molecule has 0 atom stereocenters. The van der Waals surface area contributed by atoms with Crippen molar-refractivity contribution in [3.8, 4) is 0 Å². The van der Waals surface area contributed by atoms with Crippen molar-refractivity contribution in [2.45, 2.75) is 242 Å². The Morgan fingerprint density at radius 3 is 0.804 bits per heavy atom. The van der Waals surface area contributed by atoms with Crippen molar-refractivity contribution >= 4 is 21.1 Å². The smallest absolute Gasteiger partial charge is 0.0654 e. The molecule has 0 radical (unpaired) electrons. The molecule has 0 N–H and O–H groups in total. The van der Waals surface area contributed by atoms with E-state index in [0.717, 1.165) is 18.1 Å². The maximum atomic E-state index is 13.6. The number of unbranched alkanes of at least 4 members (excludes halogenated alkanes) is 30. The van der Waals surface area contributed by atoms with Crippen molar-refractivity contribution in [3.63, 3.8) is 0 Å². The van der Waals surface area contributed by atoms with Gasteiger partial charge in [0.05, 0.1) is 0 Å². The van der Waals surface area contributed by atoms with Gasteiger partial charge in [0.1, 0.15) is 0 Å². The van der Waals surface area contributed by atoms with Gasteiger partial charge in [-0.15, -0.1) is 0 Å². The zero-order valence-corrected chi connectivity index (χ0v) is 35.3. The Morgan fingerprint density at radius 1 is 0.370 bits per heavy atom. The monoisotopic (exact) mass is 734 g/mol. The van der Waals surface area contributed by atoms with Gasteiger partial charge in [-0.25, -0.2) is 0 Å². The van der Waals surface area contributed by atoms with Gasteiger partial charge in [-0.3, -0.25) is 0 Å². The average molecular weight is 734 g/mol. The predicted molar refractivity (Wildman–Crippen MR) is 212 cm³/mol. The number of rotatable bonds is 39. The van der Waals surface area contributed by atoms with Crippen LogP contribution in [0.5, 0.6) is 0 Å². The zero-order chi connectivity index (χ0) is 33.9. The Balaban J connectivity index is 3.76. The number of hydrogen-bond acceptors (Lipinski definition) is 3. The Hall–Kier alpha value is 0.708. The molecule has 0 aromatic rings. The zero-order valence-electron chi connectivity index (χ0n) is 32.6. The molecule has 0 bridgehead atoms. The second kappa shape index (κ2) is 35.5. The molecule has 0 spiro atoms. The van der Waals surface area contributed by atoms with Gasteiger partial charge in [0.25, 0.3) is 0 Å². The molecule has 3 nitrogen and oxygen atoms in total. The average Bonchev–Trinajstić information content (AvgIpc) is 3.03. The fourth-order valence-corrected chi connectivity index (χ4v) is 13.6. The normalized spacial score (nSPS) is 12.4. The molecule has 5 heteroatoms. The summed E-state index contributed by atoms with van der Waals surface area (Å²) in [5.41, 5.74) is 7.15. The molecule has 0 aliphatic rings. The maximum absolute atomic E-state index is 13.6. The molecule has 0 aliphatic heterocycles. The molecule has 0 saturated heterocycles. The van der Waals surface area contributed by atoms with Gasteiger partial charge in [-0.05, 0) is 0 Å². The van der Waals surface area contributed by atoms with E-state index in [2.05, 4.69) is 31.0 Å². The summed E-state index contributed by atoms with van der Waals surface area (Å²) in [4.78, 5) is 0. The molecule has 0 aliphatic carbocycles. The quantitative estimate of drug-likeness (QED) is 0.0358. The predicted octanol–water partition coefficient (Wildman–Crippen LogP) is 16.1. The third kappa shape index (κ3) is 37.5. The first-order valence-electron chi connectivity index (χ1n) is 21.0. The van der Waals surface area contributed by atoms with E-state index in [9.17, 15) is 4.57 Å². The van der Waals surface area contributed by atoms with Gasteiger partial charge in [-0.1, -0.05) is 129 Å². The van der Waals surface area contributed by atoms with Crippen molar-refractivity contribution in [1.29, 1.82) is 0 Å².